The second-order valence-corrected chi connectivity index (χ2v) is 24.3. The second kappa shape index (κ2) is 17.7. The van der Waals surface area contributed by atoms with Crippen molar-refractivity contribution < 1.29 is 0 Å². The topological polar surface area (TPSA) is 14.8 Å². The molecule has 3 nitrogen and oxygen atoms in total. The molecule has 0 N–H and O–H groups in total. The lowest BCUT2D eigenvalue weighted by molar-refractivity contribution is 0.541. The summed E-state index contributed by atoms with van der Waals surface area (Å²) in [7, 11) is 0. The molecule has 0 radical (unpaired) electrons. The summed E-state index contributed by atoms with van der Waals surface area (Å²) in [5.74, 6) is 0. The Morgan fingerprint density at radius 2 is 0.567 bits per heavy atom. The molecule has 6 aromatic carbocycles. The highest BCUT2D eigenvalue weighted by Gasteiger charge is 2.24. The van der Waals surface area contributed by atoms with Crippen molar-refractivity contribution >= 4 is 65.4 Å². The van der Waals surface area contributed by atoms with Gasteiger partial charge in [0.15, 0.2) is 0 Å². The van der Waals surface area contributed by atoms with Crippen LogP contribution < -0.4 is 0 Å². The minimum absolute atomic E-state index is 0.0527. The summed E-state index contributed by atoms with van der Waals surface area (Å²) < 4.78 is 7.70. The van der Waals surface area contributed by atoms with Crippen LogP contribution in [0, 0.1) is 0 Å². The first-order chi connectivity index (χ1) is 31.7. The highest BCUT2D eigenvalue weighted by atomic mass is 15.0. The Morgan fingerprint density at radius 3 is 0.866 bits per heavy atom. The zero-order chi connectivity index (χ0) is 47.6. The fourth-order valence-corrected chi connectivity index (χ4v) is 10.8. The molecule has 350 valence electrons. The number of hydrogen-bond donors (Lipinski definition) is 0. The number of nitrogens with zero attached hydrogens (tertiary/aromatic N) is 3. The molecule has 0 amide bonds. The molecule has 9 aromatic rings. The van der Waals surface area contributed by atoms with Crippen LogP contribution in [0.5, 0.6) is 0 Å². The Morgan fingerprint density at radius 1 is 0.299 bits per heavy atom. The fraction of sp³-hybridized carbons (Fsp3) is 0.438. The number of hydrogen-bond acceptors (Lipinski definition) is 0. The van der Waals surface area contributed by atoms with E-state index in [-0.39, 0.29) is 21.7 Å². The van der Waals surface area contributed by atoms with Crippen molar-refractivity contribution in [2.24, 2.45) is 0 Å². The van der Waals surface area contributed by atoms with Crippen LogP contribution in [0.4, 0.5) is 0 Å². The van der Waals surface area contributed by atoms with Crippen LogP contribution >= 0.6 is 0 Å². The molecule has 0 aliphatic carbocycles. The SMILES string of the molecule is CCCCCCCCCCCCn1c2ccc(-n3c4ccc(C(C)(C)C)cc4c4cc(C(C)(C)C)ccc43)cc2c2cc(-n3c4ccc(C(C)(C)C)cc4c4cc(C(C)(C)C)ccc43)ccc21. The zero-order valence-corrected chi connectivity index (χ0v) is 43.5. The lowest BCUT2D eigenvalue weighted by atomic mass is 9.85. The molecule has 0 atom stereocenters. The summed E-state index contributed by atoms with van der Waals surface area (Å²) >= 11 is 0. The summed E-state index contributed by atoms with van der Waals surface area (Å²) in [5.41, 5.74) is 15.8. The van der Waals surface area contributed by atoms with Crippen molar-refractivity contribution in [2.45, 2.75) is 182 Å². The predicted octanol–water partition coefficient (Wildman–Crippen LogP) is 19.1. The number of aryl methyl sites for hydroxylation is 1. The maximum atomic E-state index is 2.64. The Bertz CT molecular complexity index is 2910. The van der Waals surface area contributed by atoms with Gasteiger partial charge in [-0.05, 0) is 135 Å². The summed E-state index contributed by atoms with van der Waals surface area (Å²) in [6.45, 7) is 31.2. The highest BCUT2D eigenvalue weighted by Crippen LogP contribution is 2.42. The molecule has 3 aromatic heterocycles. The van der Waals surface area contributed by atoms with Crippen LogP contribution in [0.1, 0.15) is 176 Å². The van der Waals surface area contributed by atoms with Crippen molar-refractivity contribution in [1.82, 2.24) is 13.7 Å². The van der Waals surface area contributed by atoms with Crippen LogP contribution in [0.25, 0.3) is 76.8 Å². The Kier molecular flexibility index (Phi) is 12.3. The molecular formula is C64H79N3. The number of fused-ring (bicyclic) bond motifs is 9. The van der Waals surface area contributed by atoms with Gasteiger partial charge in [0.05, 0.1) is 22.1 Å². The zero-order valence-electron chi connectivity index (χ0n) is 43.5. The van der Waals surface area contributed by atoms with E-state index in [0.29, 0.717) is 0 Å². The maximum absolute atomic E-state index is 2.64. The largest absolute Gasteiger partial charge is 0.340 e. The van der Waals surface area contributed by atoms with E-state index >= 15 is 0 Å². The van der Waals surface area contributed by atoms with E-state index in [1.54, 1.807) is 0 Å². The Balaban J connectivity index is 1.22. The van der Waals surface area contributed by atoms with E-state index in [1.807, 2.05) is 0 Å². The Hall–Kier alpha value is -5.28. The minimum atomic E-state index is 0.0527. The van der Waals surface area contributed by atoms with Gasteiger partial charge in [0.2, 0.25) is 0 Å². The lowest BCUT2D eigenvalue weighted by Gasteiger charge is -2.19. The number of unbranched alkanes of at least 4 members (excludes halogenated alkanes) is 9. The van der Waals surface area contributed by atoms with Crippen molar-refractivity contribution in [3.63, 3.8) is 0 Å². The van der Waals surface area contributed by atoms with Crippen LogP contribution in [0.2, 0.25) is 0 Å². The highest BCUT2D eigenvalue weighted by molar-refractivity contribution is 6.14. The molecule has 9 rings (SSSR count). The van der Waals surface area contributed by atoms with Crippen molar-refractivity contribution in [1.29, 1.82) is 0 Å². The van der Waals surface area contributed by atoms with Gasteiger partial charge in [-0.25, -0.2) is 0 Å². The number of aromatic nitrogens is 3. The van der Waals surface area contributed by atoms with E-state index in [0.717, 1.165) is 6.54 Å². The third-order valence-corrected chi connectivity index (χ3v) is 15.1. The van der Waals surface area contributed by atoms with Gasteiger partial charge in [0.25, 0.3) is 0 Å². The summed E-state index contributed by atoms with van der Waals surface area (Å²) in [4.78, 5) is 0. The van der Waals surface area contributed by atoms with E-state index in [2.05, 4.69) is 213 Å². The molecule has 3 heteroatoms. The summed E-state index contributed by atoms with van der Waals surface area (Å²) in [5, 5.41) is 7.95. The van der Waals surface area contributed by atoms with Crippen molar-refractivity contribution in [2.75, 3.05) is 0 Å². The van der Waals surface area contributed by atoms with E-state index in [9.17, 15) is 0 Å². The van der Waals surface area contributed by atoms with Gasteiger partial charge in [0, 0.05) is 61.3 Å². The molecule has 0 fully saturated rings. The fourth-order valence-electron chi connectivity index (χ4n) is 10.8. The van der Waals surface area contributed by atoms with Gasteiger partial charge >= 0.3 is 0 Å². The van der Waals surface area contributed by atoms with Crippen LogP contribution in [-0.4, -0.2) is 13.7 Å². The monoisotopic (exact) mass is 890 g/mol. The van der Waals surface area contributed by atoms with Gasteiger partial charge in [-0.1, -0.05) is 172 Å². The Labute approximate surface area is 402 Å². The molecule has 0 spiro atoms. The predicted molar refractivity (Wildman–Crippen MR) is 295 cm³/mol. The second-order valence-electron chi connectivity index (χ2n) is 24.3. The van der Waals surface area contributed by atoms with Crippen LogP contribution in [-0.2, 0) is 28.2 Å². The van der Waals surface area contributed by atoms with E-state index in [1.165, 1.54) is 163 Å². The maximum Gasteiger partial charge on any atom is 0.0541 e. The normalized spacial score (nSPS) is 13.2. The first kappa shape index (κ1) is 46.8. The van der Waals surface area contributed by atoms with Crippen molar-refractivity contribution in [3.05, 3.63) is 131 Å². The van der Waals surface area contributed by atoms with Gasteiger partial charge < -0.3 is 13.7 Å². The molecule has 67 heavy (non-hydrogen) atoms. The summed E-state index contributed by atoms with van der Waals surface area (Å²) in [6.07, 6.45) is 13.4. The standard InChI is InChI=1S/C64H79N3/c1-14-15-16-17-18-19-20-21-22-23-36-65-55-34-28-47(66-57-30-24-43(61(2,3)4)37-49(57)50-38-44(62(5,6)7)25-31-58(50)66)41-53(55)54-42-48(29-35-56(54)65)67-59-32-26-45(63(8,9)10)39-51(59)52-40-46(64(11,12)13)27-33-60(52)67/h24-35,37-42H,14-23,36H2,1-13H3. The molecule has 3 heterocycles. The quantitative estimate of drug-likeness (QED) is 0.102. The van der Waals surface area contributed by atoms with Crippen LogP contribution in [0.3, 0.4) is 0 Å². The van der Waals surface area contributed by atoms with E-state index < -0.39 is 0 Å². The van der Waals surface area contributed by atoms with E-state index in [4.69, 9.17) is 0 Å². The first-order valence-electron chi connectivity index (χ1n) is 26.0. The molecule has 0 bridgehead atoms. The smallest absolute Gasteiger partial charge is 0.0541 e. The van der Waals surface area contributed by atoms with Crippen LogP contribution in [0.15, 0.2) is 109 Å². The molecule has 0 aliphatic heterocycles. The van der Waals surface area contributed by atoms with Gasteiger partial charge in [-0.2, -0.15) is 0 Å². The average molecular weight is 890 g/mol. The van der Waals surface area contributed by atoms with Gasteiger partial charge in [-0.15, -0.1) is 0 Å². The minimum Gasteiger partial charge on any atom is -0.340 e. The summed E-state index contributed by atoms with van der Waals surface area (Å²) in [6, 6.07) is 43.4. The third-order valence-electron chi connectivity index (χ3n) is 15.1. The van der Waals surface area contributed by atoms with Gasteiger partial charge in [0.1, 0.15) is 0 Å². The first-order valence-corrected chi connectivity index (χ1v) is 26.0. The average Bonchev–Trinajstić information content (AvgIpc) is 3.89. The molecule has 0 saturated heterocycles. The third kappa shape index (κ3) is 8.98. The van der Waals surface area contributed by atoms with Gasteiger partial charge in [-0.3, -0.25) is 0 Å². The molecule has 0 unspecified atom stereocenters. The lowest BCUT2D eigenvalue weighted by Crippen LogP contribution is -2.10. The number of benzene rings is 6. The molecule has 0 aliphatic rings. The number of rotatable bonds is 13. The molecular weight excluding hydrogens is 811 g/mol. The molecule has 0 saturated carbocycles. The van der Waals surface area contributed by atoms with Crippen molar-refractivity contribution in [3.8, 4) is 11.4 Å².